The Balaban J connectivity index is 1.39. The average molecular weight is 673 g/mol. The highest BCUT2D eigenvalue weighted by atomic mass is 16.5. The number of rotatable bonds is 13. The van der Waals surface area contributed by atoms with Crippen LogP contribution < -0.4 is 9.47 Å². The number of aromatic nitrogens is 2. The molecule has 0 fully saturated rings. The number of aryl methyl sites for hydroxylation is 1. The first-order chi connectivity index (χ1) is 24.5. The van der Waals surface area contributed by atoms with Crippen LogP contribution in [-0.4, -0.2) is 56.6 Å². The number of ether oxygens (including phenoxy) is 2. The molecule has 4 N–H and O–H groups in total. The Hall–Kier alpha value is -6.51. The third kappa shape index (κ3) is 7.46. The molecule has 1 heterocycles. The molecule has 0 saturated carbocycles. The summed E-state index contributed by atoms with van der Waals surface area (Å²) in [6, 6.07) is 29.9. The molecule has 14 nitrogen and oxygen atoms in total. The van der Waals surface area contributed by atoms with E-state index >= 15 is 0 Å². The second-order valence-electron chi connectivity index (χ2n) is 10.7. The summed E-state index contributed by atoms with van der Waals surface area (Å²) in [6.07, 6.45) is 0. The van der Waals surface area contributed by atoms with Crippen LogP contribution in [0.3, 0.4) is 0 Å². The van der Waals surface area contributed by atoms with Gasteiger partial charge in [-0.25, -0.2) is 0 Å². The molecule has 0 unspecified atom stereocenters. The molecule has 0 atom stereocenters. The van der Waals surface area contributed by atoms with Crippen LogP contribution in [-0.2, 0) is 0 Å². The van der Waals surface area contributed by atoms with E-state index in [4.69, 9.17) is 9.47 Å². The van der Waals surface area contributed by atoms with Crippen molar-refractivity contribution < 1.29 is 29.9 Å². The lowest BCUT2D eigenvalue weighted by Gasteiger charge is -2.13. The monoisotopic (exact) mass is 672 g/mol. The lowest BCUT2D eigenvalue weighted by molar-refractivity contribution is 0.198. The molecule has 0 aliphatic carbocycles. The summed E-state index contributed by atoms with van der Waals surface area (Å²) in [5.41, 5.74) is 2.81. The van der Waals surface area contributed by atoms with E-state index in [-0.39, 0.29) is 66.6 Å². The Morgan fingerprint density at radius 2 is 1.18 bits per heavy atom. The first-order valence-corrected chi connectivity index (χ1v) is 15.5. The summed E-state index contributed by atoms with van der Waals surface area (Å²) in [4.78, 5) is 0. The highest BCUT2D eigenvalue weighted by molar-refractivity contribution is 5.98. The Morgan fingerprint density at radius 1 is 0.620 bits per heavy atom. The Kier molecular flexibility index (Phi) is 10.4. The number of aliphatic hydroxyl groups excluding tert-OH is 2. The number of phenolic OH excluding ortho intramolecular Hbond substituents is 1. The van der Waals surface area contributed by atoms with Gasteiger partial charge in [0.05, 0.1) is 41.4 Å². The summed E-state index contributed by atoms with van der Waals surface area (Å²) in [6.45, 7) is 1.13. The van der Waals surface area contributed by atoms with Gasteiger partial charge >= 0.3 is 0 Å². The normalized spacial score (nSPS) is 11.7. The van der Waals surface area contributed by atoms with E-state index < -0.39 is 0 Å². The van der Waals surface area contributed by atoms with Crippen LogP contribution in [0.25, 0.3) is 16.5 Å². The van der Waals surface area contributed by atoms with Crippen LogP contribution in [0.15, 0.2) is 134 Å². The van der Waals surface area contributed by atoms with Gasteiger partial charge in [-0.3, -0.25) is 0 Å². The van der Waals surface area contributed by atoms with Crippen LogP contribution in [0.2, 0.25) is 0 Å². The molecule has 6 aromatic rings. The quantitative estimate of drug-likeness (QED) is 0.0881. The summed E-state index contributed by atoms with van der Waals surface area (Å²) in [5, 5.41) is 72.8. The second kappa shape index (κ2) is 15.6. The van der Waals surface area contributed by atoms with Crippen molar-refractivity contribution in [1.82, 2.24) is 9.78 Å². The molecule has 252 valence electrons. The zero-order chi connectivity index (χ0) is 34.9. The fraction of sp³-hybridized carbons (Fsp3) is 0.139. The zero-order valence-corrected chi connectivity index (χ0v) is 26.8. The van der Waals surface area contributed by atoms with Gasteiger partial charge in [0.1, 0.15) is 41.8 Å². The third-order valence-corrected chi connectivity index (χ3v) is 7.26. The highest BCUT2D eigenvalue weighted by Gasteiger charge is 2.20. The van der Waals surface area contributed by atoms with Gasteiger partial charge < -0.3 is 29.9 Å². The molecule has 0 aliphatic heterocycles. The second-order valence-corrected chi connectivity index (χ2v) is 10.7. The molecule has 0 aliphatic rings. The van der Waals surface area contributed by atoms with Crippen molar-refractivity contribution >= 4 is 44.9 Å². The van der Waals surface area contributed by atoms with Crippen molar-refractivity contribution in [2.75, 3.05) is 26.4 Å². The Bertz CT molecular complexity index is 2190. The lowest BCUT2D eigenvalue weighted by Crippen LogP contribution is -2.04. The van der Waals surface area contributed by atoms with Crippen molar-refractivity contribution in [2.24, 2.45) is 30.7 Å². The first kappa shape index (κ1) is 33.4. The van der Waals surface area contributed by atoms with Crippen molar-refractivity contribution in [3.8, 4) is 28.8 Å². The molecule has 0 bridgehead atoms. The number of aromatic hydroxyl groups is 2. The minimum Gasteiger partial charge on any atom is -0.505 e. The van der Waals surface area contributed by atoms with Gasteiger partial charge in [0.2, 0.25) is 5.88 Å². The van der Waals surface area contributed by atoms with Gasteiger partial charge in [0.15, 0.2) is 11.4 Å². The number of phenols is 1. The maximum Gasteiger partial charge on any atom is 0.243 e. The molecule has 6 rings (SSSR count). The fourth-order valence-electron chi connectivity index (χ4n) is 4.93. The maximum absolute atomic E-state index is 11.5. The predicted octanol–water partition coefficient (Wildman–Crippen LogP) is 8.73. The topological polar surface area (TPSA) is 191 Å². The van der Waals surface area contributed by atoms with Crippen molar-refractivity contribution in [1.29, 1.82) is 0 Å². The van der Waals surface area contributed by atoms with Crippen molar-refractivity contribution in [2.45, 2.75) is 6.92 Å². The number of azo groups is 3. The zero-order valence-electron chi connectivity index (χ0n) is 26.8. The molecule has 0 spiro atoms. The van der Waals surface area contributed by atoms with Crippen LogP contribution in [0.4, 0.5) is 34.1 Å². The summed E-state index contributed by atoms with van der Waals surface area (Å²) < 4.78 is 12.8. The fourth-order valence-corrected chi connectivity index (χ4v) is 4.93. The number of hydrogen-bond donors (Lipinski definition) is 4. The first-order valence-electron chi connectivity index (χ1n) is 15.5. The van der Waals surface area contributed by atoms with Crippen molar-refractivity contribution in [3.63, 3.8) is 0 Å². The van der Waals surface area contributed by atoms with E-state index in [0.717, 1.165) is 0 Å². The predicted molar refractivity (Wildman–Crippen MR) is 186 cm³/mol. The van der Waals surface area contributed by atoms with E-state index in [1.807, 2.05) is 36.4 Å². The summed E-state index contributed by atoms with van der Waals surface area (Å²) in [7, 11) is 0. The van der Waals surface area contributed by atoms with E-state index in [1.165, 1.54) is 16.8 Å². The molecule has 14 heteroatoms. The number of nitrogens with zero attached hydrogens (tertiary/aromatic N) is 8. The van der Waals surface area contributed by atoms with Crippen molar-refractivity contribution in [3.05, 3.63) is 109 Å². The summed E-state index contributed by atoms with van der Waals surface area (Å²) >= 11 is 0. The van der Waals surface area contributed by atoms with E-state index in [9.17, 15) is 20.4 Å². The minimum absolute atomic E-state index is 0.0232. The van der Waals surface area contributed by atoms with Crippen LogP contribution in [0.1, 0.15) is 5.69 Å². The molecule has 5 aromatic carbocycles. The number of benzene rings is 5. The molecule has 0 saturated heterocycles. The SMILES string of the molecule is Cc1nn(-c2cccc3ccc(N=Nc4cc(OCCO)c(N=Nc5ccccc5)cc4OCCO)c(O)c23)c(O)c1N=Nc1ccccc1. The van der Waals surface area contributed by atoms with Crippen LogP contribution in [0, 0.1) is 6.92 Å². The van der Waals surface area contributed by atoms with E-state index in [0.29, 0.717) is 39.2 Å². The van der Waals surface area contributed by atoms with E-state index in [2.05, 4.69) is 35.8 Å². The van der Waals surface area contributed by atoms with Gasteiger partial charge in [0.25, 0.3) is 0 Å². The largest absolute Gasteiger partial charge is 0.505 e. The Labute approximate surface area is 286 Å². The van der Waals surface area contributed by atoms with Crippen LogP contribution >= 0.6 is 0 Å². The van der Waals surface area contributed by atoms with E-state index in [1.54, 1.807) is 61.5 Å². The molecular formula is C36H32N8O6. The number of hydrogen-bond acceptors (Lipinski definition) is 13. The molecule has 0 amide bonds. The highest BCUT2D eigenvalue weighted by Crippen LogP contribution is 2.44. The number of aliphatic hydroxyl groups is 2. The number of fused-ring (bicyclic) bond motifs is 1. The van der Waals surface area contributed by atoms with Gasteiger partial charge in [0, 0.05) is 12.1 Å². The molecule has 1 aromatic heterocycles. The van der Waals surface area contributed by atoms with Gasteiger partial charge in [-0.1, -0.05) is 54.6 Å². The maximum atomic E-state index is 11.5. The van der Waals surface area contributed by atoms with Crippen LogP contribution in [0.5, 0.6) is 23.1 Å². The standard InChI is InChI=1S/C36H32N8O6/c1-23-34(42-38-26-12-6-3-7-13-26)36(48)44(43-23)30-14-8-9-24-15-16-27(35(47)33(24)30)39-41-29-22-31(49-19-17-45)28(21-32(29)50-20-18-46)40-37-25-10-4-2-5-11-25/h2-16,21-22,45-48H,17-20H2,1H3. The molecule has 0 radical (unpaired) electrons. The average Bonchev–Trinajstić information content (AvgIpc) is 3.43. The van der Waals surface area contributed by atoms with Gasteiger partial charge in [-0.15, -0.1) is 20.5 Å². The summed E-state index contributed by atoms with van der Waals surface area (Å²) in [5.74, 6) is -0.00789. The third-order valence-electron chi connectivity index (χ3n) is 7.26. The molecule has 50 heavy (non-hydrogen) atoms. The minimum atomic E-state index is -0.260. The molecular weight excluding hydrogens is 640 g/mol. The van der Waals surface area contributed by atoms with Gasteiger partial charge in [-0.2, -0.15) is 20.0 Å². The Morgan fingerprint density at radius 3 is 1.78 bits per heavy atom. The van der Waals surface area contributed by atoms with Gasteiger partial charge in [-0.05, 0) is 48.7 Å². The smallest absolute Gasteiger partial charge is 0.243 e. The lowest BCUT2D eigenvalue weighted by atomic mass is 10.1.